The summed E-state index contributed by atoms with van der Waals surface area (Å²) in [5, 5.41) is 19.9. The lowest BCUT2D eigenvalue weighted by Gasteiger charge is -2.36. The predicted molar refractivity (Wildman–Crippen MR) is 50.1 cm³/mol. The number of methoxy groups -OCH3 is 1. The Morgan fingerprint density at radius 1 is 1.67 bits per heavy atom. The summed E-state index contributed by atoms with van der Waals surface area (Å²) < 4.78 is 9.91. The van der Waals surface area contributed by atoms with Crippen LogP contribution in [0.3, 0.4) is 0 Å². The molecule has 1 heterocycles. The molecule has 86 valence electrons. The normalized spacial score (nSPS) is 48.3. The van der Waals surface area contributed by atoms with Gasteiger partial charge in [0.15, 0.2) is 0 Å². The second kappa shape index (κ2) is 3.17. The van der Waals surface area contributed by atoms with Crippen molar-refractivity contribution in [1.29, 1.82) is 0 Å². The van der Waals surface area contributed by atoms with Crippen LogP contribution in [0.5, 0.6) is 0 Å². The topological polar surface area (TPSA) is 79.3 Å². The Balaban J connectivity index is 2.14. The number of carbonyl (C=O) groups is 1. The molecule has 5 heteroatoms. The van der Waals surface area contributed by atoms with Gasteiger partial charge in [0.05, 0.1) is 25.7 Å². The van der Waals surface area contributed by atoms with E-state index in [1.54, 1.807) is 6.92 Å². The molecule has 1 saturated heterocycles. The number of ether oxygens (including phenoxy) is 2. The number of aliphatic hydroxyl groups is 2. The van der Waals surface area contributed by atoms with E-state index in [1.807, 2.05) is 0 Å². The number of hydrogen-bond donors (Lipinski definition) is 2. The third-order valence-corrected chi connectivity index (χ3v) is 3.59. The summed E-state index contributed by atoms with van der Waals surface area (Å²) in [5.74, 6) is -0.484. The fourth-order valence-corrected chi connectivity index (χ4v) is 2.43. The van der Waals surface area contributed by atoms with Crippen molar-refractivity contribution in [3.05, 3.63) is 0 Å². The predicted octanol–water partition coefficient (Wildman–Crippen LogP) is -0.407. The van der Waals surface area contributed by atoms with Crippen LogP contribution in [0.15, 0.2) is 0 Å². The average Bonchev–Trinajstić information content (AvgIpc) is 2.77. The molecule has 2 rings (SSSR count). The van der Waals surface area contributed by atoms with Gasteiger partial charge in [-0.15, -0.1) is 0 Å². The quantitative estimate of drug-likeness (QED) is 0.484. The SMILES string of the molecule is COC(=O)C[C@]1(O)CC(O)CC2OC21C. The highest BCUT2D eigenvalue weighted by Gasteiger charge is 2.69. The number of hydrogen-bond acceptors (Lipinski definition) is 5. The van der Waals surface area contributed by atoms with Crippen molar-refractivity contribution < 1.29 is 24.5 Å². The number of carbonyl (C=O) groups excluding carboxylic acids is 1. The average molecular weight is 216 g/mol. The van der Waals surface area contributed by atoms with Gasteiger partial charge < -0.3 is 19.7 Å². The van der Waals surface area contributed by atoms with Crippen LogP contribution in [0.1, 0.15) is 26.2 Å². The van der Waals surface area contributed by atoms with Gasteiger partial charge in [0.1, 0.15) is 11.2 Å². The Labute approximate surface area is 88.0 Å². The minimum absolute atomic E-state index is 0.131. The van der Waals surface area contributed by atoms with Crippen molar-refractivity contribution >= 4 is 5.97 Å². The van der Waals surface area contributed by atoms with Crippen molar-refractivity contribution in [2.24, 2.45) is 0 Å². The zero-order chi connectivity index (χ0) is 11.3. The first-order chi connectivity index (χ1) is 6.91. The Hall–Kier alpha value is -0.650. The van der Waals surface area contributed by atoms with Crippen molar-refractivity contribution in [1.82, 2.24) is 0 Å². The first-order valence-electron chi connectivity index (χ1n) is 5.06. The standard InChI is InChI=1S/C10H16O5/c1-9-7(15-9)3-6(11)4-10(9,13)5-8(12)14-2/h6-7,11,13H,3-5H2,1-2H3/t6?,7?,9?,10-/m1/s1. The summed E-state index contributed by atoms with van der Waals surface area (Å²) in [6.45, 7) is 1.77. The highest BCUT2D eigenvalue weighted by Crippen LogP contribution is 2.54. The molecule has 0 aromatic carbocycles. The van der Waals surface area contributed by atoms with E-state index in [9.17, 15) is 15.0 Å². The van der Waals surface area contributed by atoms with Crippen LogP contribution in [-0.2, 0) is 14.3 Å². The van der Waals surface area contributed by atoms with E-state index in [0.717, 1.165) is 0 Å². The highest BCUT2D eigenvalue weighted by molar-refractivity contribution is 5.71. The minimum atomic E-state index is -1.30. The largest absolute Gasteiger partial charge is 0.469 e. The Morgan fingerprint density at radius 3 is 2.93 bits per heavy atom. The van der Waals surface area contributed by atoms with Crippen LogP contribution in [0.25, 0.3) is 0 Å². The van der Waals surface area contributed by atoms with Crippen molar-refractivity contribution in [3.63, 3.8) is 0 Å². The van der Waals surface area contributed by atoms with E-state index >= 15 is 0 Å². The maximum Gasteiger partial charge on any atom is 0.308 e. The van der Waals surface area contributed by atoms with Gasteiger partial charge in [-0.1, -0.05) is 0 Å². The van der Waals surface area contributed by atoms with Gasteiger partial charge in [0.2, 0.25) is 0 Å². The number of fused-ring (bicyclic) bond motifs is 1. The minimum Gasteiger partial charge on any atom is -0.469 e. The number of epoxide rings is 1. The van der Waals surface area contributed by atoms with Crippen molar-refractivity contribution in [2.75, 3.05) is 7.11 Å². The van der Waals surface area contributed by atoms with Crippen molar-refractivity contribution in [2.45, 2.75) is 49.6 Å². The number of rotatable bonds is 2. The molecule has 5 nitrogen and oxygen atoms in total. The third kappa shape index (κ3) is 1.55. The van der Waals surface area contributed by atoms with Crippen LogP contribution >= 0.6 is 0 Å². The molecule has 1 aliphatic carbocycles. The van der Waals surface area contributed by atoms with E-state index in [-0.39, 0.29) is 18.9 Å². The van der Waals surface area contributed by atoms with Gasteiger partial charge in [0.25, 0.3) is 0 Å². The van der Waals surface area contributed by atoms with Crippen molar-refractivity contribution in [3.8, 4) is 0 Å². The van der Waals surface area contributed by atoms with E-state index < -0.39 is 23.3 Å². The Morgan fingerprint density at radius 2 is 2.33 bits per heavy atom. The molecule has 1 saturated carbocycles. The van der Waals surface area contributed by atoms with E-state index in [0.29, 0.717) is 6.42 Å². The van der Waals surface area contributed by atoms with Crippen LogP contribution in [-0.4, -0.2) is 46.7 Å². The van der Waals surface area contributed by atoms with Gasteiger partial charge in [-0.3, -0.25) is 4.79 Å². The van der Waals surface area contributed by atoms with Gasteiger partial charge in [-0.05, 0) is 6.92 Å². The molecule has 0 spiro atoms. The lowest BCUT2D eigenvalue weighted by Crippen LogP contribution is -2.52. The number of aliphatic hydroxyl groups excluding tert-OH is 1. The molecule has 0 aromatic heterocycles. The molecule has 0 bridgehead atoms. The zero-order valence-corrected chi connectivity index (χ0v) is 8.90. The first-order valence-corrected chi connectivity index (χ1v) is 5.06. The molecular weight excluding hydrogens is 200 g/mol. The van der Waals surface area contributed by atoms with Gasteiger partial charge in [-0.25, -0.2) is 0 Å². The molecule has 3 unspecified atom stereocenters. The smallest absolute Gasteiger partial charge is 0.308 e. The fraction of sp³-hybridized carbons (Fsp3) is 0.900. The summed E-state index contributed by atoms with van der Waals surface area (Å²) in [5.41, 5.74) is -2.00. The Kier molecular flexibility index (Phi) is 2.29. The molecule has 1 aliphatic heterocycles. The second-order valence-electron chi connectivity index (χ2n) is 4.59. The summed E-state index contributed by atoms with van der Waals surface area (Å²) >= 11 is 0. The molecule has 4 atom stereocenters. The summed E-state index contributed by atoms with van der Waals surface area (Å²) in [6, 6.07) is 0. The zero-order valence-electron chi connectivity index (χ0n) is 8.90. The molecule has 15 heavy (non-hydrogen) atoms. The molecular formula is C10H16O5. The molecule has 0 radical (unpaired) electrons. The lowest BCUT2D eigenvalue weighted by molar-refractivity contribution is -0.152. The fourth-order valence-electron chi connectivity index (χ4n) is 2.43. The molecule has 2 N–H and O–H groups in total. The summed E-state index contributed by atoms with van der Waals surface area (Å²) in [4.78, 5) is 11.2. The molecule has 2 aliphatic rings. The molecule has 0 aromatic rings. The van der Waals surface area contributed by atoms with Gasteiger partial charge >= 0.3 is 5.97 Å². The maximum atomic E-state index is 11.2. The third-order valence-electron chi connectivity index (χ3n) is 3.59. The van der Waals surface area contributed by atoms with Gasteiger partial charge in [-0.2, -0.15) is 0 Å². The first kappa shape index (κ1) is 10.9. The molecule has 0 amide bonds. The van der Waals surface area contributed by atoms with E-state index in [1.165, 1.54) is 7.11 Å². The summed E-state index contributed by atoms with van der Waals surface area (Å²) in [7, 11) is 1.28. The molecule has 2 fully saturated rings. The number of esters is 1. The van der Waals surface area contributed by atoms with E-state index in [4.69, 9.17) is 4.74 Å². The van der Waals surface area contributed by atoms with Crippen LogP contribution in [0.2, 0.25) is 0 Å². The van der Waals surface area contributed by atoms with Crippen LogP contribution < -0.4 is 0 Å². The lowest BCUT2D eigenvalue weighted by atomic mass is 9.73. The van der Waals surface area contributed by atoms with Crippen LogP contribution in [0, 0.1) is 0 Å². The van der Waals surface area contributed by atoms with Gasteiger partial charge in [0, 0.05) is 12.8 Å². The highest BCUT2D eigenvalue weighted by atomic mass is 16.6. The second-order valence-corrected chi connectivity index (χ2v) is 4.59. The van der Waals surface area contributed by atoms with E-state index in [2.05, 4.69) is 4.74 Å². The maximum absolute atomic E-state index is 11.2. The van der Waals surface area contributed by atoms with Crippen LogP contribution in [0.4, 0.5) is 0 Å². The summed E-state index contributed by atoms with van der Waals surface area (Å²) in [6.07, 6.45) is -0.195. The Bertz CT molecular complexity index is 292. The monoisotopic (exact) mass is 216 g/mol.